The number of hydrogen-bond acceptors (Lipinski definition) is 2. The first-order chi connectivity index (χ1) is 5.50. The topological polar surface area (TPSA) is 41.6 Å². The van der Waals surface area contributed by atoms with Gasteiger partial charge in [-0.3, -0.25) is 5.10 Å². The summed E-state index contributed by atoms with van der Waals surface area (Å²) in [5, 5.41) is 5.99. The van der Waals surface area contributed by atoms with E-state index in [-0.39, 0.29) is 0 Å². The van der Waals surface area contributed by atoms with E-state index in [1.807, 2.05) is 36.4 Å². The van der Waals surface area contributed by atoms with Crippen LogP contribution < -0.4 is 0 Å². The zero-order valence-electron chi connectivity index (χ0n) is 6.01. The number of rotatable bonds is 0. The summed E-state index contributed by atoms with van der Waals surface area (Å²) < 4.78 is 0. The summed E-state index contributed by atoms with van der Waals surface area (Å²) >= 11 is 0. The van der Waals surface area contributed by atoms with Crippen molar-refractivity contribution in [2.24, 2.45) is 0 Å². The quantitative estimate of drug-likeness (QED) is 0.613. The Morgan fingerprint density at radius 3 is 1.55 bits per heavy atom. The van der Waals surface area contributed by atoms with Gasteiger partial charge in [-0.15, -0.1) is 0 Å². The lowest BCUT2D eigenvalue weighted by Crippen LogP contribution is -1.53. The van der Waals surface area contributed by atoms with Crippen molar-refractivity contribution < 1.29 is 0 Å². The molecule has 0 saturated heterocycles. The van der Waals surface area contributed by atoms with Gasteiger partial charge in [-0.05, 0) is 0 Å². The summed E-state index contributed by atoms with van der Waals surface area (Å²) in [6.45, 7) is 0. The molecule has 11 heavy (non-hydrogen) atoms. The van der Waals surface area contributed by atoms with Crippen molar-refractivity contribution >= 4 is 0 Å². The van der Waals surface area contributed by atoms with Crippen LogP contribution in [0.1, 0.15) is 0 Å². The summed E-state index contributed by atoms with van der Waals surface area (Å²) in [7, 11) is 0. The standard InChI is InChI=1S/C6H6.C2H3N3/c1-2-4-6-5-3-1;1-3-2-5-4-1/h1-6H;1-2H,(H,3,4,5). The number of aromatic amines is 1. The van der Waals surface area contributed by atoms with Crippen LogP contribution in [-0.4, -0.2) is 15.2 Å². The maximum atomic E-state index is 3.56. The number of nitrogens with one attached hydrogen (secondary N) is 1. The Morgan fingerprint density at radius 1 is 0.818 bits per heavy atom. The average molecular weight is 147 g/mol. The van der Waals surface area contributed by atoms with Crippen molar-refractivity contribution in [3.8, 4) is 0 Å². The molecule has 0 atom stereocenters. The first-order valence-corrected chi connectivity index (χ1v) is 3.29. The molecule has 0 spiro atoms. The summed E-state index contributed by atoms with van der Waals surface area (Å²) in [6.07, 6.45) is 2.96. The van der Waals surface area contributed by atoms with E-state index in [0.29, 0.717) is 0 Å². The van der Waals surface area contributed by atoms with Crippen LogP contribution in [0.4, 0.5) is 0 Å². The van der Waals surface area contributed by atoms with Crippen molar-refractivity contribution in [2.75, 3.05) is 0 Å². The van der Waals surface area contributed by atoms with Gasteiger partial charge in [-0.1, -0.05) is 36.4 Å². The van der Waals surface area contributed by atoms with Gasteiger partial charge in [0.15, 0.2) is 0 Å². The Hall–Kier alpha value is -1.64. The highest BCUT2D eigenvalue weighted by Gasteiger charge is 1.58. The molecule has 0 fully saturated rings. The number of aromatic nitrogens is 3. The van der Waals surface area contributed by atoms with Gasteiger partial charge in [-0.2, -0.15) is 5.10 Å². The Labute approximate surface area is 65.1 Å². The van der Waals surface area contributed by atoms with E-state index < -0.39 is 0 Å². The Balaban J connectivity index is 0.000000112. The summed E-state index contributed by atoms with van der Waals surface area (Å²) in [6, 6.07) is 12.0. The van der Waals surface area contributed by atoms with E-state index in [2.05, 4.69) is 15.2 Å². The van der Waals surface area contributed by atoms with Crippen LogP contribution in [0.2, 0.25) is 0 Å². The number of nitrogens with zero attached hydrogens (tertiary/aromatic N) is 2. The monoisotopic (exact) mass is 147 g/mol. The van der Waals surface area contributed by atoms with E-state index in [9.17, 15) is 0 Å². The second-order valence-corrected chi connectivity index (χ2v) is 1.81. The molecular formula is C8H9N3. The predicted molar refractivity (Wildman–Crippen MR) is 42.8 cm³/mol. The van der Waals surface area contributed by atoms with E-state index in [0.717, 1.165) is 0 Å². The minimum atomic E-state index is 1.44. The van der Waals surface area contributed by atoms with Crippen molar-refractivity contribution in [2.45, 2.75) is 0 Å². The zero-order chi connectivity index (χ0) is 7.78. The molecule has 2 aromatic rings. The summed E-state index contributed by atoms with van der Waals surface area (Å²) in [5.41, 5.74) is 0. The van der Waals surface area contributed by atoms with Gasteiger partial charge in [-0.25, -0.2) is 4.98 Å². The maximum absolute atomic E-state index is 3.56. The lowest BCUT2D eigenvalue weighted by Gasteiger charge is -1.69. The highest BCUT2D eigenvalue weighted by molar-refractivity contribution is 4.99. The third-order valence-electron chi connectivity index (χ3n) is 0.998. The molecule has 0 radical (unpaired) electrons. The minimum Gasteiger partial charge on any atom is -0.266 e. The van der Waals surface area contributed by atoms with Crippen molar-refractivity contribution in [1.29, 1.82) is 0 Å². The molecule has 0 aliphatic rings. The van der Waals surface area contributed by atoms with Crippen molar-refractivity contribution in [1.82, 2.24) is 15.2 Å². The van der Waals surface area contributed by atoms with E-state index in [1.54, 1.807) is 0 Å². The van der Waals surface area contributed by atoms with Crippen LogP contribution in [-0.2, 0) is 0 Å². The van der Waals surface area contributed by atoms with Gasteiger partial charge in [0.05, 0.1) is 0 Å². The molecule has 3 heteroatoms. The van der Waals surface area contributed by atoms with Crippen LogP contribution in [0.25, 0.3) is 0 Å². The molecule has 1 aromatic carbocycles. The van der Waals surface area contributed by atoms with E-state index >= 15 is 0 Å². The van der Waals surface area contributed by atoms with Crippen molar-refractivity contribution in [3.05, 3.63) is 49.1 Å². The second kappa shape index (κ2) is 5.17. The lowest BCUT2D eigenvalue weighted by atomic mass is 10.4. The van der Waals surface area contributed by atoms with E-state index in [4.69, 9.17) is 0 Å². The van der Waals surface area contributed by atoms with Gasteiger partial charge >= 0.3 is 0 Å². The summed E-state index contributed by atoms with van der Waals surface area (Å²) in [5.74, 6) is 0. The second-order valence-electron chi connectivity index (χ2n) is 1.81. The van der Waals surface area contributed by atoms with Crippen molar-refractivity contribution in [3.63, 3.8) is 0 Å². The molecule has 0 unspecified atom stereocenters. The third-order valence-corrected chi connectivity index (χ3v) is 0.998. The molecule has 2 rings (SSSR count). The smallest absolute Gasteiger partial charge is 0.137 e. The van der Waals surface area contributed by atoms with Gasteiger partial charge in [0.2, 0.25) is 0 Å². The van der Waals surface area contributed by atoms with Crippen LogP contribution in [0.3, 0.4) is 0 Å². The van der Waals surface area contributed by atoms with Gasteiger partial charge < -0.3 is 0 Å². The summed E-state index contributed by atoms with van der Waals surface area (Å²) in [4.78, 5) is 3.56. The Morgan fingerprint density at radius 2 is 1.36 bits per heavy atom. The molecule has 1 heterocycles. The van der Waals surface area contributed by atoms with Crippen LogP contribution in [0.15, 0.2) is 49.1 Å². The largest absolute Gasteiger partial charge is 0.266 e. The average Bonchev–Trinajstić information content (AvgIpc) is 2.64. The molecule has 3 nitrogen and oxygen atoms in total. The lowest BCUT2D eigenvalue weighted by molar-refractivity contribution is 1.09. The zero-order valence-corrected chi connectivity index (χ0v) is 6.01. The fourth-order valence-electron chi connectivity index (χ4n) is 0.552. The fraction of sp³-hybridized carbons (Fsp3) is 0. The number of H-pyrrole nitrogens is 1. The maximum Gasteiger partial charge on any atom is 0.137 e. The fourth-order valence-corrected chi connectivity index (χ4v) is 0.552. The normalized spacial score (nSPS) is 8.00. The Bertz CT molecular complexity index is 195. The van der Waals surface area contributed by atoms with Gasteiger partial charge in [0.25, 0.3) is 0 Å². The molecular weight excluding hydrogens is 138 g/mol. The predicted octanol–water partition coefficient (Wildman–Crippen LogP) is 1.49. The molecule has 1 aromatic heterocycles. The highest BCUT2D eigenvalue weighted by atomic mass is 15.2. The first kappa shape index (κ1) is 7.47. The third kappa shape index (κ3) is 3.86. The molecule has 0 aliphatic carbocycles. The van der Waals surface area contributed by atoms with Crippen LogP contribution >= 0.6 is 0 Å². The van der Waals surface area contributed by atoms with Crippen LogP contribution in [0, 0.1) is 0 Å². The SMILES string of the molecule is c1ccccc1.c1nc[nH]n1. The van der Waals surface area contributed by atoms with Gasteiger partial charge in [0.1, 0.15) is 12.7 Å². The molecule has 0 amide bonds. The number of hydrogen-bond donors (Lipinski definition) is 1. The minimum absolute atomic E-state index is 1.44. The molecule has 0 bridgehead atoms. The molecule has 56 valence electrons. The van der Waals surface area contributed by atoms with E-state index in [1.165, 1.54) is 12.7 Å². The van der Waals surface area contributed by atoms with Crippen LogP contribution in [0.5, 0.6) is 0 Å². The molecule has 1 N–H and O–H groups in total. The molecule has 0 aliphatic heterocycles. The Kier molecular flexibility index (Phi) is 3.51. The molecule has 0 saturated carbocycles. The number of benzene rings is 1. The van der Waals surface area contributed by atoms with Gasteiger partial charge in [0, 0.05) is 0 Å². The highest BCUT2D eigenvalue weighted by Crippen LogP contribution is 1.79. The first-order valence-electron chi connectivity index (χ1n) is 3.29.